The van der Waals surface area contributed by atoms with Crippen LogP contribution in [0.1, 0.15) is 12.0 Å². The van der Waals surface area contributed by atoms with Crippen LogP contribution in [0.2, 0.25) is 5.02 Å². The van der Waals surface area contributed by atoms with E-state index in [0.717, 1.165) is 24.2 Å². The number of fused-ring (bicyclic) bond motifs is 1. The number of thiazole rings is 1. The monoisotopic (exact) mass is 474 g/mol. The molecule has 1 amide bonds. The van der Waals surface area contributed by atoms with Crippen molar-refractivity contribution in [3.63, 3.8) is 0 Å². The Hall–Kier alpha value is -2.62. The van der Waals surface area contributed by atoms with Crippen LogP contribution in [0.15, 0.2) is 58.9 Å². The molecule has 1 aromatic heterocycles. The molecule has 2 aromatic carbocycles. The molecular formula is C21H19ClN4O3S2. The third-order valence-corrected chi connectivity index (χ3v) is 8.22. The van der Waals surface area contributed by atoms with Crippen LogP contribution in [0.4, 0.5) is 16.5 Å². The van der Waals surface area contributed by atoms with Crippen molar-refractivity contribution in [2.24, 2.45) is 0 Å². The number of carbonyl (C=O) groups is 1. The second-order valence-corrected chi connectivity index (χ2v) is 10.3. The maximum atomic E-state index is 13.4. The van der Waals surface area contributed by atoms with E-state index in [1.807, 2.05) is 18.2 Å². The third kappa shape index (κ3) is 3.56. The highest BCUT2D eigenvalue weighted by Gasteiger charge is 2.40. The van der Waals surface area contributed by atoms with Crippen molar-refractivity contribution in [1.29, 1.82) is 0 Å². The van der Waals surface area contributed by atoms with Crippen molar-refractivity contribution in [3.8, 4) is 0 Å². The lowest BCUT2D eigenvalue weighted by atomic mass is 10.1. The van der Waals surface area contributed by atoms with Gasteiger partial charge in [-0.15, -0.1) is 11.3 Å². The van der Waals surface area contributed by atoms with Gasteiger partial charge in [0.25, 0.3) is 10.0 Å². The average molecular weight is 475 g/mol. The quantitative estimate of drug-likeness (QED) is 0.608. The summed E-state index contributed by atoms with van der Waals surface area (Å²) in [5.41, 5.74) is 2.43. The number of aromatic nitrogens is 1. The Bertz CT molecular complexity index is 1250. The minimum absolute atomic E-state index is 0.0593. The molecule has 1 atom stereocenters. The Morgan fingerprint density at radius 2 is 1.90 bits per heavy atom. The molecule has 7 nitrogen and oxygen atoms in total. The molecule has 0 aliphatic carbocycles. The van der Waals surface area contributed by atoms with Gasteiger partial charge in [-0.25, -0.2) is 13.4 Å². The van der Waals surface area contributed by atoms with Crippen LogP contribution in [-0.2, 0) is 21.2 Å². The van der Waals surface area contributed by atoms with Gasteiger partial charge in [0.15, 0.2) is 5.13 Å². The van der Waals surface area contributed by atoms with E-state index in [0.29, 0.717) is 23.7 Å². The van der Waals surface area contributed by atoms with E-state index in [1.54, 1.807) is 28.5 Å². The number of amides is 1. The van der Waals surface area contributed by atoms with Gasteiger partial charge >= 0.3 is 0 Å². The second kappa shape index (κ2) is 7.81. The van der Waals surface area contributed by atoms with E-state index in [9.17, 15) is 13.2 Å². The zero-order valence-electron chi connectivity index (χ0n) is 16.4. The van der Waals surface area contributed by atoms with Crippen molar-refractivity contribution in [3.05, 3.63) is 64.6 Å². The summed E-state index contributed by atoms with van der Waals surface area (Å²) < 4.78 is 28.5. The van der Waals surface area contributed by atoms with Crippen LogP contribution in [0.5, 0.6) is 0 Å². The molecule has 0 saturated carbocycles. The fourth-order valence-corrected chi connectivity index (χ4v) is 6.55. The molecule has 1 unspecified atom stereocenters. The summed E-state index contributed by atoms with van der Waals surface area (Å²) >= 11 is 7.53. The van der Waals surface area contributed by atoms with Crippen molar-refractivity contribution >= 4 is 55.4 Å². The van der Waals surface area contributed by atoms with Crippen molar-refractivity contribution in [2.75, 3.05) is 27.6 Å². The first-order valence-electron chi connectivity index (χ1n) is 9.82. The minimum Gasteiger partial charge on any atom is -0.359 e. The Labute approximate surface area is 189 Å². The Kier molecular flexibility index (Phi) is 5.11. The molecule has 2 aliphatic heterocycles. The molecule has 3 heterocycles. The highest BCUT2D eigenvalue weighted by molar-refractivity contribution is 7.93. The van der Waals surface area contributed by atoms with E-state index in [-0.39, 0.29) is 22.0 Å². The number of sulfonamides is 1. The average Bonchev–Trinajstić information content (AvgIpc) is 3.48. The molecule has 10 heteroatoms. The third-order valence-electron chi connectivity index (χ3n) is 5.66. The molecule has 1 N–H and O–H groups in total. The van der Waals surface area contributed by atoms with E-state index in [4.69, 9.17) is 11.6 Å². The maximum Gasteiger partial charge on any atom is 0.265 e. The molecule has 31 heavy (non-hydrogen) atoms. The van der Waals surface area contributed by atoms with Gasteiger partial charge in [-0.3, -0.25) is 9.52 Å². The molecular weight excluding hydrogens is 456 g/mol. The van der Waals surface area contributed by atoms with Gasteiger partial charge in [0.2, 0.25) is 5.91 Å². The number of nitrogens with one attached hydrogen (secondary N) is 1. The van der Waals surface area contributed by atoms with Crippen LogP contribution in [-0.4, -0.2) is 38.4 Å². The van der Waals surface area contributed by atoms with Gasteiger partial charge in [-0.05, 0) is 42.7 Å². The first-order chi connectivity index (χ1) is 15.0. The first-order valence-corrected chi connectivity index (χ1v) is 12.6. The first kappa shape index (κ1) is 20.3. The summed E-state index contributed by atoms with van der Waals surface area (Å²) in [5.74, 6) is -0.107. The van der Waals surface area contributed by atoms with Gasteiger partial charge in [-0.2, -0.15) is 0 Å². The highest BCUT2D eigenvalue weighted by atomic mass is 35.5. The standard InChI is InChI=1S/C21H19ClN4O3S2/c22-15-4-3-6-16-14(15)8-11-25(16)18-9-12-26(20(18)27)17-5-1-2-7-19(17)31(28,29)24-21-23-10-13-30-21/h1-7,10,13,18H,8-9,11-12H2,(H,23,24). The molecule has 0 bridgehead atoms. The largest absolute Gasteiger partial charge is 0.359 e. The Morgan fingerprint density at radius 3 is 2.71 bits per heavy atom. The smallest absolute Gasteiger partial charge is 0.265 e. The topological polar surface area (TPSA) is 82.6 Å². The van der Waals surface area contributed by atoms with Gasteiger partial charge in [0.1, 0.15) is 10.9 Å². The predicted molar refractivity (Wildman–Crippen MR) is 123 cm³/mol. The van der Waals surface area contributed by atoms with Gasteiger partial charge in [0.05, 0.1) is 5.69 Å². The molecule has 1 fully saturated rings. The number of carbonyl (C=O) groups excluding carboxylic acids is 1. The van der Waals surface area contributed by atoms with Crippen LogP contribution in [0.25, 0.3) is 0 Å². The van der Waals surface area contributed by atoms with Gasteiger partial charge in [0, 0.05) is 35.4 Å². The fourth-order valence-electron chi connectivity index (χ4n) is 4.28. The van der Waals surface area contributed by atoms with Crippen LogP contribution in [0, 0.1) is 0 Å². The number of para-hydroxylation sites is 1. The van der Waals surface area contributed by atoms with E-state index >= 15 is 0 Å². The normalized spacial score (nSPS) is 18.5. The Balaban J connectivity index is 1.45. The number of halogens is 1. The molecule has 5 rings (SSSR count). The molecule has 160 valence electrons. The van der Waals surface area contributed by atoms with Gasteiger partial charge in [-0.1, -0.05) is 29.8 Å². The predicted octanol–water partition coefficient (Wildman–Crippen LogP) is 3.77. The number of nitrogens with zero attached hydrogens (tertiary/aromatic N) is 3. The lowest BCUT2D eigenvalue weighted by Crippen LogP contribution is -2.41. The van der Waals surface area contributed by atoms with Crippen LogP contribution in [0.3, 0.4) is 0 Å². The van der Waals surface area contributed by atoms with Crippen LogP contribution < -0.4 is 14.5 Å². The summed E-state index contributed by atoms with van der Waals surface area (Å²) in [4.78, 5) is 21.1. The van der Waals surface area contributed by atoms with Crippen molar-refractivity contribution in [1.82, 2.24) is 4.98 Å². The number of hydrogen-bond donors (Lipinski definition) is 1. The van der Waals surface area contributed by atoms with Crippen molar-refractivity contribution in [2.45, 2.75) is 23.8 Å². The molecule has 2 aliphatic rings. The van der Waals surface area contributed by atoms with Gasteiger partial charge < -0.3 is 9.80 Å². The second-order valence-electron chi connectivity index (χ2n) is 7.39. The summed E-state index contributed by atoms with van der Waals surface area (Å²) in [6.45, 7) is 1.16. The summed E-state index contributed by atoms with van der Waals surface area (Å²) in [6, 6.07) is 12.0. The van der Waals surface area contributed by atoms with E-state index < -0.39 is 10.0 Å². The summed E-state index contributed by atoms with van der Waals surface area (Å²) in [6.07, 6.45) is 2.93. The maximum absolute atomic E-state index is 13.4. The molecule has 0 spiro atoms. The van der Waals surface area contributed by atoms with E-state index in [2.05, 4.69) is 14.6 Å². The zero-order valence-corrected chi connectivity index (χ0v) is 18.8. The summed E-state index contributed by atoms with van der Waals surface area (Å²) in [5, 5.41) is 2.69. The summed E-state index contributed by atoms with van der Waals surface area (Å²) in [7, 11) is -3.89. The number of rotatable bonds is 5. The van der Waals surface area contributed by atoms with E-state index in [1.165, 1.54) is 23.6 Å². The Morgan fingerprint density at radius 1 is 1.10 bits per heavy atom. The number of anilines is 3. The molecule has 0 radical (unpaired) electrons. The highest BCUT2D eigenvalue weighted by Crippen LogP contribution is 2.38. The lowest BCUT2D eigenvalue weighted by molar-refractivity contribution is -0.118. The molecule has 1 saturated heterocycles. The van der Waals surface area contributed by atoms with Crippen molar-refractivity contribution < 1.29 is 13.2 Å². The lowest BCUT2D eigenvalue weighted by Gasteiger charge is -2.26. The number of benzene rings is 2. The SMILES string of the molecule is O=C1C(N2CCc3c(Cl)cccc32)CCN1c1ccccc1S(=O)(=O)Nc1nccs1. The van der Waals surface area contributed by atoms with Crippen LogP contribution >= 0.6 is 22.9 Å². The minimum atomic E-state index is -3.89. The fraction of sp³-hybridized carbons (Fsp3) is 0.238. The number of hydrogen-bond acceptors (Lipinski definition) is 6. The molecule has 3 aromatic rings. The zero-order chi connectivity index (χ0) is 21.6.